The number of benzene rings is 6. The molecule has 0 radical (unpaired) electrons. The molecule has 2 unspecified atom stereocenters. The van der Waals surface area contributed by atoms with Gasteiger partial charge in [-0.3, -0.25) is 0 Å². The average Bonchev–Trinajstić information content (AvgIpc) is 3.32. The lowest BCUT2D eigenvalue weighted by Gasteiger charge is -2.24. The summed E-state index contributed by atoms with van der Waals surface area (Å²) in [6, 6.07) is 41.8. The number of hydrogen-bond acceptors (Lipinski definition) is 1. The molecule has 0 fully saturated rings. The van der Waals surface area contributed by atoms with Crippen molar-refractivity contribution in [3.63, 3.8) is 0 Å². The first-order valence-electron chi connectivity index (χ1n) is 13.7. The molecule has 1 aliphatic heterocycles. The number of hydrogen-bond donors (Lipinski definition) is 0. The van der Waals surface area contributed by atoms with Crippen molar-refractivity contribution < 1.29 is 4.74 Å². The maximum Gasteiger partial charge on any atom is 0.135 e. The molecule has 3 aliphatic rings. The van der Waals surface area contributed by atoms with Crippen LogP contribution < -0.4 is 4.74 Å². The van der Waals surface area contributed by atoms with Gasteiger partial charge in [0.1, 0.15) is 11.5 Å². The van der Waals surface area contributed by atoms with Crippen LogP contribution in [-0.2, 0) is 0 Å². The molecule has 6 aromatic carbocycles. The molecule has 6 aromatic rings. The van der Waals surface area contributed by atoms with Crippen molar-refractivity contribution in [2.45, 2.75) is 11.8 Å². The fourth-order valence-corrected chi connectivity index (χ4v) is 7.08. The van der Waals surface area contributed by atoms with Crippen LogP contribution in [0.2, 0.25) is 0 Å². The third-order valence-corrected chi connectivity index (χ3v) is 8.83. The fourth-order valence-electron chi connectivity index (χ4n) is 7.08. The van der Waals surface area contributed by atoms with Gasteiger partial charge >= 0.3 is 0 Å². The summed E-state index contributed by atoms with van der Waals surface area (Å²) >= 11 is 0. The van der Waals surface area contributed by atoms with E-state index in [1.165, 1.54) is 60.5 Å². The van der Waals surface area contributed by atoms with E-state index in [-0.39, 0.29) is 0 Å². The highest BCUT2D eigenvalue weighted by atomic mass is 16.5. The Morgan fingerprint density at radius 2 is 1.36 bits per heavy atom. The van der Waals surface area contributed by atoms with Crippen LogP contribution >= 0.6 is 0 Å². The molecular weight excluding hydrogens is 472 g/mol. The number of rotatable bonds is 2. The second-order valence-electron chi connectivity index (χ2n) is 10.8. The van der Waals surface area contributed by atoms with E-state index >= 15 is 0 Å². The predicted octanol–water partition coefficient (Wildman–Crippen LogP) is 10.3. The first-order chi connectivity index (χ1) is 19.3. The fraction of sp³-hybridized carbons (Fsp3) is 0.0526. The van der Waals surface area contributed by atoms with E-state index in [0.717, 1.165) is 17.1 Å². The van der Waals surface area contributed by atoms with Crippen LogP contribution in [0.5, 0.6) is 11.5 Å². The van der Waals surface area contributed by atoms with Crippen molar-refractivity contribution in [1.82, 2.24) is 0 Å². The molecule has 0 amide bonds. The van der Waals surface area contributed by atoms with E-state index in [9.17, 15) is 0 Å². The first kappa shape index (κ1) is 21.1. The Bertz CT molecular complexity index is 2040. The van der Waals surface area contributed by atoms with Crippen molar-refractivity contribution in [2.24, 2.45) is 0 Å². The average molecular weight is 497 g/mol. The number of ether oxygens (including phenoxy) is 1. The Kier molecular flexibility index (Phi) is 4.23. The summed E-state index contributed by atoms with van der Waals surface area (Å²) in [5.41, 5.74) is 10.4. The van der Waals surface area contributed by atoms with Gasteiger partial charge in [0.15, 0.2) is 0 Å². The van der Waals surface area contributed by atoms with Crippen molar-refractivity contribution in [3.05, 3.63) is 150 Å². The zero-order chi connectivity index (χ0) is 25.5. The predicted molar refractivity (Wildman–Crippen MR) is 161 cm³/mol. The molecule has 39 heavy (non-hydrogen) atoms. The molecule has 1 heterocycles. The quantitative estimate of drug-likeness (QED) is 0.231. The minimum Gasteiger partial charge on any atom is -0.456 e. The number of allylic oxidation sites excluding steroid dienone is 4. The van der Waals surface area contributed by atoms with E-state index < -0.39 is 0 Å². The summed E-state index contributed by atoms with van der Waals surface area (Å²) in [7, 11) is 0. The molecule has 0 bridgehead atoms. The molecule has 0 saturated heterocycles. The molecule has 0 aromatic heterocycles. The van der Waals surface area contributed by atoms with E-state index in [0.29, 0.717) is 11.8 Å². The molecular formula is C38H24O. The smallest absolute Gasteiger partial charge is 0.135 e. The molecule has 0 N–H and O–H groups in total. The SMILES string of the molecule is C1=CC2c3ccc(-c4ccccc4)c4cccc(c34)C2C=C1c1ccc2c(c1)-c1cccc3cccc(c13)O2. The first-order valence-corrected chi connectivity index (χ1v) is 13.7. The van der Waals surface area contributed by atoms with Crippen molar-refractivity contribution in [2.75, 3.05) is 0 Å². The Hall–Kier alpha value is -4.88. The van der Waals surface area contributed by atoms with Gasteiger partial charge in [0.25, 0.3) is 0 Å². The minimum absolute atomic E-state index is 0.339. The summed E-state index contributed by atoms with van der Waals surface area (Å²) in [4.78, 5) is 0. The maximum atomic E-state index is 6.35. The Morgan fingerprint density at radius 3 is 2.28 bits per heavy atom. The van der Waals surface area contributed by atoms with Gasteiger partial charge in [-0.1, -0.05) is 115 Å². The van der Waals surface area contributed by atoms with Gasteiger partial charge < -0.3 is 4.74 Å². The monoisotopic (exact) mass is 496 g/mol. The van der Waals surface area contributed by atoms with Crippen molar-refractivity contribution >= 4 is 27.1 Å². The molecule has 2 aliphatic carbocycles. The van der Waals surface area contributed by atoms with Gasteiger partial charge in [0, 0.05) is 22.8 Å². The lowest BCUT2D eigenvalue weighted by molar-refractivity contribution is 0.487. The molecule has 0 spiro atoms. The van der Waals surface area contributed by atoms with Gasteiger partial charge in [-0.2, -0.15) is 0 Å². The zero-order valence-corrected chi connectivity index (χ0v) is 21.3. The van der Waals surface area contributed by atoms with Crippen molar-refractivity contribution in [1.29, 1.82) is 0 Å². The second-order valence-corrected chi connectivity index (χ2v) is 10.8. The summed E-state index contributed by atoms with van der Waals surface area (Å²) in [5.74, 6) is 2.58. The summed E-state index contributed by atoms with van der Waals surface area (Å²) in [6.45, 7) is 0. The molecule has 9 rings (SSSR count). The van der Waals surface area contributed by atoms with Crippen LogP contribution in [0, 0.1) is 0 Å². The largest absolute Gasteiger partial charge is 0.456 e. The third-order valence-electron chi connectivity index (χ3n) is 8.83. The summed E-state index contributed by atoms with van der Waals surface area (Å²) in [6.07, 6.45) is 7.23. The summed E-state index contributed by atoms with van der Waals surface area (Å²) < 4.78 is 6.35. The van der Waals surface area contributed by atoms with Gasteiger partial charge in [0.05, 0.1) is 0 Å². The Labute approximate surface area is 227 Å². The normalized spacial score (nSPS) is 18.0. The van der Waals surface area contributed by atoms with Crippen LogP contribution in [0.4, 0.5) is 0 Å². The molecule has 1 nitrogen and oxygen atoms in total. The highest BCUT2D eigenvalue weighted by Crippen LogP contribution is 2.53. The molecule has 182 valence electrons. The zero-order valence-electron chi connectivity index (χ0n) is 21.3. The maximum absolute atomic E-state index is 6.35. The Morgan fingerprint density at radius 1 is 0.513 bits per heavy atom. The van der Waals surface area contributed by atoms with Crippen LogP contribution in [0.15, 0.2) is 133 Å². The highest BCUT2D eigenvalue weighted by Gasteiger charge is 2.34. The third kappa shape index (κ3) is 2.96. The standard InChI is InChI=1S/C38H24O/c1-2-7-23(8-3-1)27-18-19-32-28-17-15-25(21-33(28)30-13-6-12-29(27)38(30)32)26-16-20-35-34(22-26)31-11-4-9-24-10-5-14-36(39-35)37(24)31/h1-22,28,33H. The second kappa shape index (κ2) is 7.82. The summed E-state index contributed by atoms with van der Waals surface area (Å²) in [5, 5.41) is 5.20. The van der Waals surface area contributed by atoms with Crippen LogP contribution in [-0.4, -0.2) is 0 Å². The molecule has 0 saturated carbocycles. The van der Waals surface area contributed by atoms with Crippen molar-refractivity contribution in [3.8, 4) is 33.8 Å². The lowest BCUT2D eigenvalue weighted by Crippen LogP contribution is -2.05. The Balaban J connectivity index is 1.17. The molecule has 1 heteroatoms. The van der Waals surface area contributed by atoms with Gasteiger partial charge in [-0.05, 0) is 73.3 Å². The minimum atomic E-state index is 0.339. The van der Waals surface area contributed by atoms with Gasteiger partial charge in [-0.15, -0.1) is 0 Å². The van der Waals surface area contributed by atoms with Gasteiger partial charge in [-0.25, -0.2) is 0 Å². The highest BCUT2D eigenvalue weighted by molar-refractivity contribution is 6.05. The number of fused-ring (bicyclic) bond motifs is 5. The lowest BCUT2D eigenvalue weighted by atomic mass is 9.82. The van der Waals surface area contributed by atoms with Crippen LogP contribution in [0.1, 0.15) is 28.5 Å². The molecule has 2 atom stereocenters. The van der Waals surface area contributed by atoms with Crippen LogP contribution in [0.3, 0.4) is 0 Å². The van der Waals surface area contributed by atoms with E-state index in [2.05, 4.69) is 133 Å². The van der Waals surface area contributed by atoms with Crippen LogP contribution in [0.25, 0.3) is 49.4 Å². The van der Waals surface area contributed by atoms with E-state index in [4.69, 9.17) is 4.74 Å². The van der Waals surface area contributed by atoms with E-state index in [1.807, 2.05) is 0 Å². The topological polar surface area (TPSA) is 9.23 Å². The van der Waals surface area contributed by atoms with E-state index in [1.54, 1.807) is 0 Å². The van der Waals surface area contributed by atoms with Gasteiger partial charge in [0.2, 0.25) is 0 Å².